The molecule has 1 aliphatic carbocycles. The molecule has 1 fully saturated rings. The average Bonchev–Trinajstić information content (AvgIpc) is 3.31. The molecule has 1 saturated carbocycles. The van der Waals surface area contributed by atoms with Crippen LogP contribution < -0.4 is 10.1 Å². The van der Waals surface area contributed by atoms with E-state index >= 15 is 0 Å². The summed E-state index contributed by atoms with van der Waals surface area (Å²) in [5.41, 5.74) is 2.22. The molecular weight excluding hydrogens is 272 g/mol. The van der Waals surface area contributed by atoms with Crippen LogP contribution in [-0.2, 0) is 13.2 Å². The van der Waals surface area contributed by atoms with Crippen molar-refractivity contribution >= 4 is 0 Å². The molecule has 0 heterocycles. The molecule has 2 aromatic rings. The summed E-state index contributed by atoms with van der Waals surface area (Å²) in [7, 11) is 0. The third-order valence-electron chi connectivity index (χ3n) is 3.56. The fourth-order valence-electron chi connectivity index (χ4n) is 2.14. The minimum absolute atomic E-state index is 0.332. The highest BCUT2D eigenvalue weighted by Crippen LogP contribution is 2.21. The van der Waals surface area contributed by atoms with Crippen LogP contribution in [0.1, 0.15) is 24.0 Å². The number of ether oxygens (including phenoxy) is 1. The standard InChI is InChI=1S/C17H17F2NO/c18-16-8-7-15(9-17(16)19)21-11-13-4-2-1-3-12(13)10-20-14-5-6-14/h1-4,7-9,14,20H,5-6,10-11H2. The summed E-state index contributed by atoms with van der Waals surface area (Å²) >= 11 is 0. The van der Waals surface area contributed by atoms with Crippen molar-refractivity contribution in [3.05, 3.63) is 65.2 Å². The monoisotopic (exact) mass is 289 g/mol. The Labute approximate surface area is 122 Å². The SMILES string of the molecule is Fc1ccc(OCc2ccccc2CNC2CC2)cc1F. The van der Waals surface area contributed by atoms with Crippen LogP contribution >= 0.6 is 0 Å². The Morgan fingerprint density at radius 3 is 2.48 bits per heavy atom. The van der Waals surface area contributed by atoms with Gasteiger partial charge in [0.1, 0.15) is 12.4 Å². The zero-order chi connectivity index (χ0) is 14.7. The summed E-state index contributed by atoms with van der Waals surface area (Å²) in [6.07, 6.45) is 2.49. The van der Waals surface area contributed by atoms with Gasteiger partial charge in [0.25, 0.3) is 0 Å². The van der Waals surface area contributed by atoms with Crippen LogP contribution in [0.4, 0.5) is 8.78 Å². The van der Waals surface area contributed by atoms with Gasteiger partial charge < -0.3 is 10.1 Å². The second-order valence-electron chi connectivity index (χ2n) is 5.29. The van der Waals surface area contributed by atoms with Gasteiger partial charge in [-0.25, -0.2) is 8.78 Å². The van der Waals surface area contributed by atoms with E-state index in [4.69, 9.17) is 4.74 Å². The number of halogens is 2. The van der Waals surface area contributed by atoms with Crippen molar-refractivity contribution in [1.82, 2.24) is 5.32 Å². The third kappa shape index (κ3) is 3.79. The lowest BCUT2D eigenvalue weighted by Gasteiger charge is -2.12. The van der Waals surface area contributed by atoms with Gasteiger partial charge >= 0.3 is 0 Å². The molecule has 0 aromatic heterocycles. The maximum Gasteiger partial charge on any atom is 0.162 e. The van der Waals surface area contributed by atoms with Crippen LogP contribution in [0.2, 0.25) is 0 Å². The Morgan fingerprint density at radius 2 is 1.76 bits per heavy atom. The number of hydrogen-bond acceptors (Lipinski definition) is 2. The highest BCUT2D eigenvalue weighted by molar-refractivity contribution is 5.28. The summed E-state index contributed by atoms with van der Waals surface area (Å²) in [6, 6.07) is 12.2. The molecule has 0 radical (unpaired) electrons. The van der Waals surface area contributed by atoms with Gasteiger partial charge in [0.2, 0.25) is 0 Å². The van der Waals surface area contributed by atoms with E-state index in [0.717, 1.165) is 24.2 Å². The van der Waals surface area contributed by atoms with Crippen LogP contribution in [0.25, 0.3) is 0 Å². The van der Waals surface area contributed by atoms with E-state index in [9.17, 15) is 8.78 Å². The zero-order valence-corrected chi connectivity index (χ0v) is 11.6. The van der Waals surface area contributed by atoms with Crippen molar-refractivity contribution < 1.29 is 13.5 Å². The van der Waals surface area contributed by atoms with Crippen LogP contribution in [0.15, 0.2) is 42.5 Å². The van der Waals surface area contributed by atoms with Crippen LogP contribution in [0.3, 0.4) is 0 Å². The highest BCUT2D eigenvalue weighted by Gasteiger charge is 2.20. The summed E-state index contributed by atoms with van der Waals surface area (Å²) in [5.74, 6) is -1.42. The van der Waals surface area contributed by atoms with Crippen molar-refractivity contribution in [2.24, 2.45) is 0 Å². The van der Waals surface area contributed by atoms with Gasteiger partial charge in [-0.3, -0.25) is 0 Å². The molecule has 21 heavy (non-hydrogen) atoms. The predicted octanol–water partition coefficient (Wildman–Crippen LogP) is 3.80. The lowest BCUT2D eigenvalue weighted by Crippen LogP contribution is -2.16. The normalized spacial score (nSPS) is 14.2. The highest BCUT2D eigenvalue weighted by atomic mass is 19.2. The largest absolute Gasteiger partial charge is 0.489 e. The summed E-state index contributed by atoms with van der Waals surface area (Å²) < 4.78 is 31.6. The third-order valence-corrected chi connectivity index (χ3v) is 3.56. The van der Waals surface area contributed by atoms with Gasteiger partial charge in [-0.05, 0) is 36.1 Å². The number of nitrogens with one attached hydrogen (secondary N) is 1. The quantitative estimate of drug-likeness (QED) is 0.873. The summed E-state index contributed by atoms with van der Waals surface area (Å²) in [5, 5.41) is 3.46. The second-order valence-corrected chi connectivity index (χ2v) is 5.29. The number of hydrogen-bond donors (Lipinski definition) is 1. The topological polar surface area (TPSA) is 21.3 Å². The minimum atomic E-state index is -0.892. The molecule has 1 N–H and O–H groups in total. The molecule has 0 aliphatic heterocycles. The zero-order valence-electron chi connectivity index (χ0n) is 11.6. The fraction of sp³-hybridized carbons (Fsp3) is 0.294. The molecule has 2 nitrogen and oxygen atoms in total. The van der Waals surface area contributed by atoms with Crippen molar-refractivity contribution in [2.75, 3.05) is 0 Å². The van der Waals surface area contributed by atoms with E-state index < -0.39 is 11.6 Å². The molecule has 110 valence electrons. The van der Waals surface area contributed by atoms with E-state index in [1.807, 2.05) is 18.2 Å². The molecule has 0 unspecified atom stereocenters. The Morgan fingerprint density at radius 1 is 1.00 bits per heavy atom. The minimum Gasteiger partial charge on any atom is -0.489 e. The molecule has 1 aliphatic rings. The van der Waals surface area contributed by atoms with Gasteiger partial charge in [0.15, 0.2) is 11.6 Å². The van der Waals surface area contributed by atoms with E-state index in [-0.39, 0.29) is 0 Å². The summed E-state index contributed by atoms with van der Waals surface area (Å²) in [6.45, 7) is 1.15. The molecule has 0 bridgehead atoms. The smallest absolute Gasteiger partial charge is 0.162 e. The number of rotatable bonds is 6. The Bertz CT molecular complexity index is 626. The van der Waals surface area contributed by atoms with E-state index in [1.165, 1.54) is 24.5 Å². The molecule has 0 spiro atoms. The molecule has 4 heteroatoms. The van der Waals surface area contributed by atoms with E-state index in [1.54, 1.807) is 0 Å². The van der Waals surface area contributed by atoms with Crippen molar-refractivity contribution in [3.8, 4) is 5.75 Å². The van der Waals surface area contributed by atoms with Gasteiger partial charge in [0, 0.05) is 18.7 Å². The van der Waals surface area contributed by atoms with E-state index in [2.05, 4.69) is 11.4 Å². The molecule has 0 amide bonds. The Hall–Kier alpha value is -1.94. The summed E-state index contributed by atoms with van der Waals surface area (Å²) in [4.78, 5) is 0. The Balaban J connectivity index is 1.64. The molecular formula is C17H17F2NO. The first kappa shape index (κ1) is 14.0. The van der Waals surface area contributed by atoms with Gasteiger partial charge in [-0.15, -0.1) is 0 Å². The average molecular weight is 289 g/mol. The lowest BCUT2D eigenvalue weighted by atomic mass is 10.1. The molecule has 0 atom stereocenters. The van der Waals surface area contributed by atoms with Gasteiger partial charge in [-0.2, -0.15) is 0 Å². The number of benzene rings is 2. The van der Waals surface area contributed by atoms with E-state index in [0.29, 0.717) is 18.4 Å². The predicted molar refractivity (Wildman–Crippen MR) is 77.0 cm³/mol. The molecule has 3 rings (SSSR count). The first-order chi connectivity index (χ1) is 10.2. The van der Waals surface area contributed by atoms with Crippen molar-refractivity contribution in [1.29, 1.82) is 0 Å². The first-order valence-electron chi connectivity index (χ1n) is 7.10. The van der Waals surface area contributed by atoms with Crippen LogP contribution in [-0.4, -0.2) is 6.04 Å². The molecule has 0 saturated heterocycles. The molecule has 2 aromatic carbocycles. The lowest BCUT2D eigenvalue weighted by molar-refractivity contribution is 0.301. The van der Waals surface area contributed by atoms with Crippen LogP contribution in [0.5, 0.6) is 5.75 Å². The van der Waals surface area contributed by atoms with Gasteiger partial charge in [0.05, 0.1) is 0 Å². The van der Waals surface area contributed by atoms with Crippen molar-refractivity contribution in [2.45, 2.75) is 32.0 Å². The Kier molecular flexibility index (Phi) is 4.15. The maximum absolute atomic E-state index is 13.1. The fourth-order valence-corrected chi connectivity index (χ4v) is 2.14. The second kappa shape index (κ2) is 6.22. The van der Waals surface area contributed by atoms with Gasteiger partial charge in [-0.1, -0.05) is 24.3 Å². The van der Waals surface area contributed by atoms with Crippen molar-refractivity contribution in [3.63, 3.8) is 0 Å². The first-order valence-corrected chi connectivity index (χ1v) is 7.10. The maximum atomic E-state index is 13.1. The van der Waals surface area contributed by atoms with Crippen LogP contribution in [0, 0.1) is 11.6 Å².